The average molecular weight is 406 g/mol. The molecule has 6 nitrogen and oxygen atoms in total. The number of carbonyl (C=O) groups is 1. The monoisotopic (exact) mass is 406 g/mol. The zero-order chi connectivity index (χ0) is 20.4. The Hall–Kier alpha value is -3.58. The molecule has 7 heteroatoms. The van der Waals surface area contributed by atoms with E-state index in [4.69, 9.17) is 4.74 Å². The van der Waals surface area contributed by atoms with Crippen molar-refractivity contribution in [2.45, 2.75) is 4.90 Å². The van der Waals surface area contributed by atoms with Gasteiger partial charge in [0, 0.05) is 23.0 Å². The summed E-state index contributed by atoms with van der Waals surface area (Å²) in [7, 11) is -2.43. The van der Waals surface area contributed by atoms with E-state index in [1.807, 2.05) is 6.07 Å². The quantitative estimate of drug-likeness (QED) is 0.671. The molecule has 0 saturated heterocycles. The molecule has 1 heterocycles. The molecule has 3 aromatic carbocycles. The largest absolute Gasteiger partial charge is 0.497 e. The fourth-order valence-corrected chi connectivity index (χ4v) is 4.85. The van der Waals surface area contributed by atoms with Crippen LogP contribution in [0.2, 0.25) is 0 Å². The van der Waals surface area contributed by atoms with Gasteiger partial charge >= 0.3 is 0 Å². The van der Waals surface area contributed by atoms with Crippen LogP contribution in [0.3, 0.4) is 0 Å². The molecule has 0 spiro atoms. The predicted molar refractivity (Wildman–Crippen MR) is 112 cm³/mol. The maximum atomic E-state index is 13.2. The number of amides is 1. The molecule has 1 aliphatic heterocycles. The molecule has 1 aliphatic rings. The molecular weight excluding hydrogens is 388 g/mol. The molecule has 0 radical (unpaired) electrons. The third-order valence-corrected chi connectivity index (χ3v) is 6.38. The van der Waals surface area contributed by atoms with Crippen LogP contribution in [0, 0.1) is 0 Å². The molecule has 3 aromatic rings. The molecule has 0 fully saturated rings. The van der Waals surface area contributed by atoms with Crippen molar-refractivity contribution in [1.82, 2.24) is 0 Å². The Morgan fingerprint density at radius 2 is 1.55 bits per heavy atom. The number of hydrogen-bond acceptors (Lipinski definition) is 5. The van der Waals surface area contributed by atoms with E-state index in [0.717, 1.165) is 0 Å². The molecule has 0 unspecified atom stereocenters. The summed E-state index contributed by atoms with van der Waals surface area (Å²) in [5.74, 6) is -0.0853. The van der Waals surface area contributed by atoms with Crippen LogP contribution in [0.4, 0.5) is 11.4 Å². The van der Waals surface area contributed by atoms with E-state index in [2.05, 4.69) is 10.6 Å². The molecule has 146 valence electrons. The highest BCUT2D eigenvalue weighted by molar-refractivity contribution is 7.97. The summed E-state index contributed by atoms with van der Waals surface area (Å²) in [5, 5.41) is 5.78. The second-order valence-corrected chi connectivity index (χ2v) is 8.24. The van der Waals surface area contributed by atoms with Gasteiger partial charge in [-0.3, -0.25) is 4.79 Å². The van der Waals surface area contributed by atoms with Gasteiger partial charge in [-0.25, -0.2) is 8.42 Å². The highest BCUT2D eigenvalue weighted by Crippen LogP contribution is 2.40. The lowest BCUT2D eigenvalue weighted by Crippen LogP contribution is -2.20. The number of nitrogens with one attached hydrogen (secondary N) is 2. The Balaban J connectivity index is 1.82. The Kier molecular flexibility index (Phi) is 4.82. The molecule has 0 aliphatic carbocycles. The maximum absolute atomic E-state index is 13.2. The number of ether oxygens (including phenoxy) is 1. The lowest BCUT2D eigenvalue weighted by Gasteiger charge is -2.12. The Bertz CT molecular complexity index is 1220. The minimum absolute atomic E-state index is 0.101. The van der Waals surface area contributed by atoms with Crippen LogP contribution < -0.4 is 15.4 Å². The summed E-state index contributed by atoms with van der Waals surface area (Å²) >= 11 is 0. The summed E-state index contributed by atoms with van der Waals surface area (Å²) < 4.78 is 31.5. The minimum Gasteiger partial charge on any atom is -0.497 e. The van der Waals surface area contributed by atoms with Gasteiger partial charge in [-0.05, 0) is 30.3 Å². The Morgan fingerprint density at radius 1 is 0.862 bits per heavy atom. The van der Waals surface area contributed by atoms with Gasteiger partial charge in [0.2, 0.25) is 9.84 Å². The second-order valence-electron chi connectivity index (χ2n) is 6.38. The third-order valence-electron chi connectivity index (χ3n) is 4.52. The Labute approximate surface area is 168 Å². The van der Waals surface area contributed by atoms with Crippen LogP contribution in [-0.4, -0.2) is 21.4 Å². The van der Waals surface area contributed by atoms with Crippen molar-refractivity contribution >= 4 is 32.8 Å². The first-order valence-corrected chi connectivity index (χ1v) is 10.4. The molecular formula is C22H18N2O4S. The second kappa shape index (κ2) is 7.44. The summed E-state index contributed by atoms with van der Waals surface area (Å²) in [6, 6.07) is 22.3. The molecule has 2 N–H and O–H groups in total. The van der Waals surface area contributed by atoms with Gasteiger partial charge in [-0.2, -0.15) is 0 Å². The van der Waals surface area contributed by atoms with Crippen molar-refractivity contribution in [3.63, 3.8) is 0 Å². The molecule has 0 atom stereocenters. The molecule has 29 heavy (non-hydrogen) atoms. The maximum Gasteiger partial charge on any atom is 0.269 e. The molecule has 4 rings (SSSR count). The topological polar surface area (TPSA) is 84.5 Å². The van der Waals surface area contributed by atoms with Crippen LogP contribution in [-0.2, 0) is 14.6 Å². The standard InChI is InChI=1S/C22H18N2O4S/c1-28-17-11-7-10-16(14-17)23-20-18-12-5-6-13-19(18)29(26,27)21(20)22(25)24-15-8-3-2-4-9-15/h2-14,23H,1H3,(H,24,25). The Morgan fingerprint density at radius 3 is 2.31 bits per heavy atom. The first kappa shape index (κ1) is 18.8. The van der Waals surface area contributed by atoms with Gasteiger partial charge in [0.1, 0.15) is 5.75 Å². The molecule has 0 saturated carbocycles. The molecule has 0 bridgehead atoms. The first-order valence-electron chi connectivity index (χ1n) is 8.87. The number of methoxy groups -OCH3 is 1. The van der Waals surface area contributed by atoms with Crippen LogP contribution in [0.25, 0.3) is 5.70 Å². The van der Waals surface area contributed by atoms with E-state index in [9.17, 15) is 13.2 Å². The number of anilines is 2. The average Bonchev–Trinajstić information content (AvgIpc) is 2.96. The van der Waals surface area contributed by atoms with Crippen LogP contribution in [0.5, 0.6) is 5.75 Å². The van der Waals surface area contributed by atoms with Gasteiger partial charge in [-0.15, -0.1) is 0 Å². The summed E-state index contributed by atoms with van der Waals surface area (Å²) in [5.41, 5.74) is 1.81. The van der Waals surface area contributed by atoms with E-state index in [1.54, 1.807) is 73.8 Å². The highest BCUT2D eigenvalue weighted by atomic mass is 32.2. The number of fused-ring (bicyclic) bond motifs is 1. The first-order chi connectivity index (χ1) is 14.0. The van der Waals surface area contributed by atoms with Gasteiger partial charge in [0.25, 0.3) is 5.91 Å². The van der Waals surface area contributed by atoms with Crippen LogP contribution in [0.1, 0.15) is 5.56 Å². The number of rotatable bonds is 5. The number of benzene rings is 3. The van der Waals surface area contributed by atoms with Crippen molar-refractivity contribution in [2.24, 2.45) is 0 Å². The summed E-state index contributed by atoms with van der Waals surface area (Å²) in [6.45, 7) is 0. The van der Waals surface area contributed by atoms with Gasteiger partial charge in [0.05, 0.1) is 17.7 Å². The molecule has 1 amide bonds. The third kappa shape index (κ3) is 3.48. The van der Waals surface area contributed by atoms with Crippen molar-refractivity contribution in [1.29, 1.82) is 0 Å². The van der Waals surface area contributed by atoms with Crippen molar-refractivity contribution in [3.05, 3.63) is 89.3 Å². The smallest absolute Gasteiger partial charge is 0.269 e. The summed E-state index contributed by atoms with van der Waals surface area (Å²) in [4.78, 5) is 12.8. The van der Waals surface area contributed by atoms with Gasteiger partial charge in [0.15, 0.2) is 4.91 Å². The van der Waals surface area contributed by atoms with E-state index < -0.39 is 15.7 Å². The van der Waals surface area contributed by atoms with Crippen molar-refractivity contribution in [2.75, 3.05) is 17.7 Å². The zero-order valence-corrected chi connectivity index (χ0v) is 16.4. The predicted octanol–water partition coefficient (Wildman–Crippen LogP) is 3.90. The fraction of sp³-hybridized carbons (Fsp3) is 0.0455. The number of carbonyl (C=O) groups excluding carboxylic acids is 1. The SMILES string of the molecule is COc1cccc(NC2=C(C(=O)Nc3ccccc3)S(=O)(=O)c3ccccc32)c1. The lowest BCUT2D eigenvalue weighted by molar-refractivity contribution is -0.112. The number of hydrogen-bond donors (Lipinski definition) is 2. The lowest BCUT2D eigenvalue weighted by atomic mass is 10.1. The normalized spacial score (nSPS) is 14.2. The van der Waals surface area contributed by atoms with E-state index in [0.29, 0.717) is 22.7 Å². The van der Waals surface area contributed by atoms with E-state index in [1.165, 1.54) is 6.07 Å². The fourth-order valence-electron chi connectivity index (χ4n) is 3.19. The van der Waals surface area contributed by atoms with Gasteiger partial charge < -0.3 is 15.4 Å². The van der Waals surface area contributed by atoms with E-state index >= 15 is 0 Å². The zero-order valence-electron chi connectivity index (χ0n) is 15.5. The van der Waals surface area contributed by atoms with Crippen LogP contribution in [0.15, 0.2) is 88.7 Å². The van der Waals surface area contributed by atoms with Crippen molar-refractivity contribution < 1.29 is 17.9 Å². The van der Waals surface area contributed by atoms with Crippen LogP contribution >= 0.6 is 0 Å². The van der Waals surface area contributed by atoms with Crippen molar-refractivity contribution in [3.8, 4) is 5.75 Å². The van der Waals surface area contributed by atoms with Gasteiger partial charge in [-0.1, -0.05) is 42.5 Å². The summed E-state index contributed by atoms with van der Waals surface area (Å²) in [6.07, 6.45) is 0. The van der Waals surface area contributed by atoms with E-state index in [-0.39, 0.29) is 15.5 Å². The highest BCUT2D eigenvalue weighted by Gasteiger charge is 2.40. The number of para-hydroxylation sites is 1. The molecule has 0 aromatic heterocycles. The number of sulfone groups is 1. The minimum atomic E-state index is -3.98.